The van der Waals surface area contributed by atoms with E-state index in [-0.39, 0.29) is 6.04 Å². The van der Waals surface area contributed by atoms with Gasteiger partial charge < -0.3 is 5.32 Å². The fourth-order valence-corrected chi connectivity index (χ4v) is 5.69. The summed E-state index contributed by atoms with van der Waals surface area (Å²) < 4.78 is 24.3. The summed E-state index contributed by atoms with van der Waals surface area (Å²) in [4.78, 5) is 9.74. The number of anilines is 2. The normalized spacial score (nSPS) is 11.9. The molecule has 0 radical (unpaired) electrons. The summed E-state index contributed by atoms with van der Waals surface area (Å²) in [6, 6.07) is 27.5. The molecule has 0 unspecified atom stereocenters. The minimum atomic E-state index is -2.69. The maximum atomic E-state index is 10.9. The highest BCUT2D eigenvalue weighted by molar-refractivity contribution is 7.73. The van der Waals surface area contributed by atoms with E-state index >= 15 is 0 Å². The molecule has 0 spiro atoms. The molecule has 0 aliphatic heterocycles. The lowest BCUT2D eigenvalue weighted by atomic mass is 10.0. The maximum Gasteiger partial charge on any atom is 0.222 e. The van der Waals surface area contributed by atoms with Gasteiger partial charge in [-0.1, -0.05) is 72.8 Å². The van der Waals surface area contributed by atoms with E-state index in [9.17, 15) is 8.42 Å². The van der Waals surface area contributed by atoms with E-state index in [1.165, 1.54) is 0 Å². The van der Waals surface area contributed by atoms with Gasteiger partial charge in [0, 0.05) is 27.6 Å². The highest BCUT2D eigenvalue weighted by Crippen LogP contribution is 2.32. The molecule has 0 aliphatic carbocycles. The first kappa shape index (κ1) is 23.2. The largest absolute Gasteiger partial charge is 0.353 e. The molecular formula is C26H22N4O2S3. The van der Waals surface area contributed by atoms with Crippen molar-refractivity contribution in [2.24, 2.45) is 0 Å². The summed E-state index contributed by atoms with van der Waals surface area (Å²) in [6.45, 7) is 0. The van der Waals surface area contributed by atoms with E-state index < -0.39 is 10.9 Å². The summed E-state index contributed by atoms with van der Waals surface area (Å²) in [5, 5.41) is 9.51. The number of hydrogen-bond donors (Lipinski definition) is 3. The molecule has 1 atom stereocenters. The van der Waals surface area contributed by atoms with E-state index in [4.69, 9.17) is 9.97 Å². The summed E-state index contributed by atoms with van der Waals surface area (Å²) in [5.74, 6) is 0. The minimum absolute atomic E-state index is 0.103. The average molecular weight is 519 g/mol. The first-order chi connectivity index (χ1) is 17.1. The van der Waals surface area contributed by atoms with E-state index in [0.717, 1.165) is 38.2 Å². The molecule has 2 N–H and O–H groups in total. The fraction of sp³-hybridized carbons (Fsp3) is 0.0769. The fourth-order valence-electron chi connectivity index (χ4n) is 3.68. The molecule has 0 fully saturated rings. The lowest BCUT2D eigenvalue weighted by Gasteiger charge is -2.17. The van der Waals surface area contributed by atoms with Crippen LogP contribution in [0.4, 0.5) is 10.8 Å². The third-order valence-electron chi connectivity index (χ3n) is 5.39. The van der Waals surface area contributed by atoms with Crippen molar-refractivity contribution in [3.63, 3.8) is 0 Å². The molecule has 176 valence electrons. The molecular weight excluding hydrogens is 497 g/mol. The van der Waals surface area contributed by atoms with Gasteiger partial charge in [0.05, 0.1) is 17.4 Å². The molecule has 6 nitrogen and oxygen atoms in total. The number of hydrogen-bond acceptors (Lipinski definition) is 7. The zero-order valence-electron chi connectivity index (χ0n) is 18.5. The monoisotopic (exact) mass is 518 g/mol. The third kappa shape index (κ3) is 5.94. The van der Waals surface area contributed by atoms with Crippen molar-refractivity contribution in [1.29, 1.82) is 0 Å². The molecule has 9 heteroatoms. The Morgan fingerprint density at radius 3 is 2.14 bits per heavy atom. The Bertz CT molecular complexity index is 1460. The van der Waals surface area contributed by atoms with Crippen LogP contribution in [-0.2, 0) is 17.3 Å². The van der Waals surface area contributed by atoms with Crippen LogP contribution >= 0.6 is 22.7 Å². The van der Waals surface area contributed by atoms with Gasteiger partial charge in [-0.05, 0) is 24.1 Å². The first-order valence-electron chi connectivity index (χ1n) is 10.9. The van der Waals surface area contributed by atoms with Crippen molar-refractivity contribution in [2.45, 2.75) is 12.5 Å². The Hall–Kier alpha value is -3.53. The van der Waals surface area contributed by atoms with Gasteiger partial charge in [0.15, 0.2) is 5.13 Å². The zero-order valence-corrected chi connectivity index (χ0v) is 21.0. The molecule has 2 heterocycles. The van der Waals surface area contributed by atoms with Crippen LogP contribution in [0.1, 0.15) is 17.3 Å². The highest BCUT2D eigenvalue weighted by Gasteiger charge is 2.19. The van der Waals surface area contributed by atoms with Gasteiger partial charge in [0.2, 0.25) is 10.9 Å². The SMILES string of the molecule is O=[SH](=O)Nc1ccc(C[C@H](Nc2nc(-c3ccccc3)cs2)c2csc(-c3ccccc3)n2)cc1. The van der Waals surface area contributed by atoms with E-state index in [1.807, 2.05) is 60.7 Å². The van der Waals surface area contributed by atoms with Gasteiger partial charge >= 0.3 is 0 Å². The average Bonchev–Trinajstić information content (AvgIpc) is 3.56. The van der Waals surface area contributed by atoms with Crippen molar-refractivity contribution in [2.75, 3.05) is 10.0 Å². The quantitative estimate of drug-likeness (QED) is 0.200. The number of rotatable bonds is 9. The maximum absolute atomic E-state index is 10.9. The molecule has 0 bridgehead atoms. The zero-order chi connectivity index (χ0) is 24.0. The second-order valence-electron chi connectivity index (χ2n) is 7.81. The van der Waals surface area contributed by atoms with Crippen LogP contribution in [0.5, 0.6) is 0 Å². The Morgan fingerprint density at radius 1 is 0.771 bits per heavy atom. The summed E-state index contributed by atoms with van der Waals surface area (Å²) in [7, 11) is -2.69. The van der Waals surface area contributed by atoms with Crippen LogP contribution < -0.4 is 10.0 Å². The van der Waals surface area contributed by atoms with Crippen molar-refractivity contribution in [1.82, 2.24) is 9.97 Å². The lowest BCUT2D eigenvalue weighted by Crippen LogP contribution is -2.14. The van der Waals surface area contributed by atoms with Gasteiger partial charge in [-0.15, -0.1) is 22.7 Å². The second kappa shape index (κ2) is 10.8. The topological polar surface area (TPSA) is 84.0 Å². The van der Waals surface area contributed by atoms with E-state index in [2.05, 4.69) is 32.9 Å². The Labute approximate surface area is 213 Å². The summed E-state index contributed by atoms with van der Waals surface area (Å²) >= 11 is 3.18. The number of thiazole rings is 2. The van der Waals surface area contributed by atoms with Crippen LogP contribution in [0.2, 0.25) is 0 Å². The van der Waals surface area contributed by atoms with Gasteiger partial charge in [-0.3, -0.25) is 4.72 Å². The number of thiol groups is 1. The third-order valence-corrected chi connectivity index (χ3v) is 7.51. The number of aromatic nitrogens is 2. The first-order valence-corrected chi connectivity index (χ1v) is 13.9. The predicted octanol–water partition coefficient (Wildman–Crippen LogP) is 6.27. The Kier molecular flexibility index (Phi) is 7.17. The van der Waals surface area contributed by atoms with E-state index in [0.29, 0.717) is 12.1 Å². The molecule has 0 saturated heterocycles. The lowest BCUT2D eigenvalue weighted by molar-refractivity contribution is 0.619. The summed E-state index contributed by atoms with van der Waals surface area (Å²) in [5.41, 5.74) is 5.64. The molecule has 0 amide bonds. The number of nitrogens with one attached hydrogen (secondary N) is 2. The van der Waals surface area contributed by atoms with Crippen LogP contribution in [-0.4, -0.2) is 18.4 Å². The van der Waals surface area contributed by atoms with Gasteiger partial charge in [-0.2, -0.15) is 0 Å². The van der Waals surface area contributed by atoms with Crippen LogP contribution in [0.15, 0.2) is 95.7 Å². The summed E-state index contributed by atoms with van der Waals surface area (Å²) in [6.07, 6.45) is 0.669. The molecule has 2 aromatic heterocycles. The molecule has 0 aliphatic rings. The highest BCUT2D eigenvalue weighted by atomic mass is 32.2. The second-order valence-corrected chi connectivity index (χ2v) is 10.3. The molecule has 5 aromatic rings. The van der Waals surface area contributed by atoms with Crippen molar-refractivity contribution >= 4 is 44.4 Å². The predicted molar refractivity (Wildman–Crippen MR) is 146 cm³/mol. The van der Waals surface area contributed by atoms with Crippen molar-refractivity contribution in [3.05, 3.63) is 107 Å². The van der Waals surface area contributed by atoms with Crippen molar-refractivity contribution < 1.29 is 8.42 Å². The van der Waals surface area contributed by atoms with Gasteiger partial charge in [0.25, 0.3) is 0 Å². The van der Waals surface area contributed by atoms with Crippen molar-refractivity contribution in [3.8, 4) is 21.8 Å². The number of benzene rings is 3. The molecule has 0 saturated carbocycles. The van der Waals surface area contributed by atoms with E-state index in [1.54, 1.807) is 34.8 Å². The Balaban J connectivity index is 1.41. The molecule has 35 heavy (non-hydrogen) atoms. The standard InChI is InChI=1S/C26H22N4O2S3/c31-35(32)30-21-13-11-18(12-14-21)15-22(24-17-33-25(27-24)20-9-5-2-6-10-20)28-26-29-23(16-34-26)19-7-3-1-4-8-19/h1-14,16-17,22,35H,15H2,(H,28,29)(H,30,31,32)/t22-/m0/s1. The van der Waals surface area contributed by atoms with Crippen LogP contribution in [0.25, 0.3) is 21.8 Å². The molecule has 5 rings (SSSR count). The minimum Gasteiger partial charge on any atom is -0.353 e. The smallest absolute Gasteiger partial charge is 0.222 e. The Morgan fingerprint density at radius 2 is 1.46 bits per heavy atom. The molecule has 3 aromatic carbocycles. The van der Waals surface area contributed by atoms with Crippen LogP contribution in [0.3, 0.4) is 0 Å². The van der Waals surface area contributed by atoms with Gasteiger partial charge in [0.1, 0.15) is 5.01 Å². The van der Waals surface area contributed by atoms with Gasteiger partial charge in [-0.25, -0.2) is 18.4 Å². The number of nitrogens with zero attached hydrogens (tertiary/aromatic N) is 2. The van der Waals surface area contributed by atoms with Crippen LogP contribution in [0, 0.1) is 0 Å².